The van der Waals surface area contributed by atoms with Crippen LogP contribution in [-0.4, -0.2) is 36.3 Å². The zero-order valence-corrected chi connectivity index (χ0v) is 10.4. The van der Waals surface area contributed by atoms with Crippen LogP contribution in [-0.2, 0) is 4.74 Å². The Morgan fingerprint density at radius 1 is 1.50 bits per heavy atom. The number of thioether (sulfide) groups is 1. The van der Waals surface area contributed by atoms with Crippen molar-refractivity contribution in [1.82, 2.24) is 5.32 Å². The van der Waals surface area contributed by atoms with Gasteiger partial charge in [-0.3, -0.25) is 0 Å². The SMILES string of the molecule is CC(C)NCCCSC1CCOC1C. The molecule has 1 aliphatic heterocycles. The largest absolute Gasteiger partial charge is 0.377 e. The highest BCUT2D eigenvalue weighted by Crippen LogP contribution is 2.26. The zero-order valence-electron chi connectivity index (χ0n) is 9.58. The highest BCUT2D eigenvalue weighted by molar-refractivity contribution is 7.99. The van der Waals surface area contributed by atoms with Crippen molar-refractivity contribution in [1.29, 1.82) is 0 Å². The van der Waals surface area contributed by atoms with Gasteiger partial charge in [-0.1, -0.05) is 13.8 Å². The van der Waals surface area contributed by atoms with E-state index in [-0.39, 0.29) is 0 Å². The van der Waals surface area contributed by atoms with Crippen molar-refractivity contribution in [3.8, 4) is 0 Å². The average molecular weight is 217 g/mol. The van der Waals surface area contributed by atoms with Gasteiger partial charge in [-0.15, -0.1) is 0 Å². The lowest BCUT2D eigenvalue weighted by Crippen LogP contribution is -2.24. The first kappa shape index (κ1) is 12.3. The molecule has 0 aromatic carbocycles. The predicted octanol–water partition coefficient (Wildman–Crippen LogP) is 2.29. The maximum Gasteiger partial charge on any atom is 0.0666 e. The van der Waals surface area contributed by atoms with E-state index in [2.05, 4.69) is 37.8 Å². The van der Waals surface area contributed by atoms with Crippen LogP contribution in [0.2, 0.25) is 0 Å². The third-order valence-electron chi connectivity index (χ3n) is 2.51. The summed E-state index contributed by atoms with van der Waals surface area (Å²) in [6.45, 7) is 8.69. The molecule has 2 atom stereocenters. The third kappa shape index (κ3) is 4.67. The minimum atomic E-state index is 0.470. The lowest BCUT2D eigenvalue weighted by molar-refractivity contribution is 0.127. The van der Waals surface area contributed by atoms with Crippen molar-refractivity contribution >= 4 is 11.8 Å². The number of rotatable bonds is 6. The predicted molar refractivity (Wildman–Crippen MR) is 64.0 cm³/mol. The topological polar surface area (TPSA) is 21.3 Å². The van der Waals surface area contributed by atoms with Gasteiger partial charge in [0.1, 0.15) is 0 Å². The maximum atomic E-state index is 5.52. The van der Waals surface area contributed by atoms with Gasteiger partial charge >= 0.3 is 0 Å². The van der Waals surface area contributed by atoms with Crippen LogP contribution < -0.4 is 5.32 Å². The molecule has 1 N–H and O–H groups in total. The zero-order chi connectivity index (χ0) is 10.4. The molecule has 0 bridgehead atoms. The molecule has 3 heteroatoms. The van der Waals surface area contributed by atoms with Gasteiger partial charge in [0.15, 0.2) is 0 Å². The molecule has 1 heterocycles. The Bertz CT molecular complexity index is 152. The molecular weight excluding hydrogens is 194 g/mol. The Balaban J connectivity index is 1.93. The van der Waals surface area contributed by atoms with Gasteiger partial charge in [0.05, 0.1) is 6.10 Å². The summed E-state index contributed by atoms with van der Waals surface area (Å²) in [6, 6.07) is 0.619. The number of nitrogens with one attached hydrogen (secondary N) is 1. The van der Waals surface area contributed by atoms with Crippen LogP contribution >= 0.6 is 11.8 Å². The summed E-state index contributed by atoms with van der Waals surface area (Å²) in [5.41, 5.74) is 0. The maximum absolute atomic E-state index is 5.52. The smallest absolute Gasteiger partial charge is 0.0666 e. The first-order valence-corrected chi connectivity index (χ1v) is 6.71. The molecule has 0 aliphatic carbocycles. The van der Waals surface area contributed by atoms with Crippen molar-refractivity contribution in [2.75, 3.05) is 18.9 Å². The first-order valence-electron chi connectivity index (χ1n) is 5.66. The minimum Gasteiger partial charge on any atom is -0.377 e. The van der Waals surface area contributed by atoms with Crippen LogP contribution in [0.15, 0.2) is 0 Å². The molecule has 1 aliphatic rings. The number of hydrogen-bond donors (Lipinski definition) is 1. The molecule has 0 saturated carbocycles. The Labute approximate surface area is 92.2 Å². The molecule has 0 spiro atoms. The number of hydrogen-bond acceptors (Lipinski definition) is 3. The fraction of sp³-hybridized carbons (Fsp3) is 1.00. The van der Waals surface area contributed by atoms with E-state index >= 15 is 0 Å². The monoisotopic (exact) mass is 217 g/mol. The van der Waals surface area contributed by atoms with E-state index in [0.29, 0.717) is 12.1 Å². The Morgan fingerprint density at radius 2 is 2.29 bits per heavy atom. The molecule has 0 aromatic heterocycles. The Kier molecular flexibility index (Phi) is 5.90. The lowest BCUT2D eigenvalue weighted by atomic mass is 10.3. The van der Waals surface area contributed by atoms with Crippen molar-refractivity contribution in [2.45, 2.75) is 51.0 Å². The second-order valence-electron chi connectivity index (χ2n) is 4.24. The van der Waals surface area contributed by atoms with Gasteiger partial charge in [-0.25, -0.2) is 0 Å². The van der Waals surface area contributed by atoms with E-state index < -0.39 is 0 Å². The first-order chi connectivity index (χ1) is 6.70. The van der Waals surface area contributed by atoms with E-state index in [1.165, 1.54) is 18.6 Å². The normalized spacial score (nSPS) is 27.4. The molecular formula is C11H23NOS. The van der Waals surface area contributed by atoms with Crippen LogP contribution in [0.3, 0.4) is 0 Å². The summed E-state index contributed by atoms with van der Waals surface area (Å²) in [4.78, 5) is 0. The molecule has 2 unspecified atom stereocenters. The van der Waals surface area contributed by atoms with Gasteiger partial charge in [0, 0.05) is 17.9 Å². The molecule has 84 valence electrons. The third-order valence-corrected chi connectivity index (χ3v) is 4.08. The Morgan fingerprint density at radius 3 is 2.86 bits per heavy atom. The van der Waals surface area contributed by atoms with E-state index in [4.69, 9.17) is 4.74 Å². The van der Waals surface area contributed by atoms with Crippen LogP contribution in [0.1, 0.15) is 33.6 Å². The highest BCUT2D eigenvalue weighted by atomic mass is 32.2. The van der Waals surface area contributed by atoms with Crippen LogP contribution in [0.4, 0.5) is 0 Å². The minimum absolute atomic E-state index is 0.470. The summed E-state index contributed by atoms with van der Waals surface area (Å²) in [7, 11) is 0. The molecule has 0 amide bonds. The summed E-state index contributed by atoms with van der Waals surface area (Å²) in [5.74, 6) is 1.26. The molecule has 0 radical (unpaired) electrons. The van der Waals surface area contributed by atoms with E-state index in [9.17, 15) is 0 Å². The van der Waals surface area contributed by atoms with Gasteiger partial charge in [0.25, 0.3) is 0 Å². The summed E-state index contributed by atoms with van der Waals surface area (Å²) >= 11 is 2.08. The Hall–Kier alpha value is 0.270. The molecule has 1 rings (SSSR count). The van der Waals surface area contributed by atoms with Crippen molar-refractivity contribution in [3.05, 3.63) is 0 Å². The van der Waals surface area contributed by atoms with Crippen LogP contribution in [0.5, 0.6) is 0 Å². The molecule has 2 nitrogen and oxygen atoms in total. The fourth-order valence-corrected chi connectivity index (χ4v) is 2.85. The average Bonchev–Trinajstić information content (AvgIpc) is 2.51. The van der Waals surface area contributed by atoms with Gasteiger partial charge in [0.2, 0.25) is 0 Å². The van der Waals surface area contributed by atoms with Crippen molar-refractivity contribution in [2.24, 2.45) is 0 Å². The van der Waals surface area contributed by atoms with Crippen molar-refractivity contribution < 1.29 is 4.74 Å². The fourth-order valence-electron chi connectivity index (χ4n) is 1.63. The van der Waals surface area contributed by atoms with Crippen LogP contribution in [0, 0.1) is 0 Å². The van der Waals surface area contributed by atoms with E-state index in [1.807, 2.05) is 0 Å². The quantitative estimate of drug-likeness (QED) is 0.690. The van der Waals surface area contributed by atoms with Gasteiger partial charge in [-0.2, -0.15) is 11.8 Å². The molecule has 1 fully saturated rings. The summed E-state index contributed by atoms with van der Waals surface area (Å²) in [5, 5.41) is 4.18. The van der Waals surface area contributed by atoms with Crippen LogP contribution in [0.25, 0.3) is 0 Å². The van der Waals surface area contributed by atoms with E-state index in [0.717, 1.165) is 18.4 Å². The molecule has 14 heavy (non-hydrogen) atoms. The second kappa shape index (κ2) is 6.70. The highest BCUT2D eigenvalue weighted by Gasteiger charge is 2.23. The van der Waals surface area contributed by atoms with Gasteiger partial charge < -0.3 is 10.1 Å². The summed E-state index contributed by atoms with van der Waals surface area (Å²) in [6.07, 6.45) is 2.98. The standard InChI is InChI=1S/C11H23NOS/c1-9(2)12-6-4-8-14-11-5-7-13-10(11)3/h9-12H,4-8H2,1-3H3. The molecule has 1 saturated heterocycles. The van der Waals surface area contributed by atoms with Crippen molar-refractivity contribution in [3.63, 3.8) is 0 Å². The van der Waals surface area contributed by atoms with E-state index in [1.54, 1.807) is 0 Å². The van der Waals surface area contributed by atoms with Gasteiger partial charge in [-0.05, 0) is 32.1 Å². The summed E-state index contributed by atoms with van der Waals surface area (Å²) < 4.78 is 5.52. The molecule has 0 aromatic rings. The number of ether oxygens (including phenoxy) is 1. The lowest BCUT2D eigenvalue weighted by Gasteiger charge is -2.13. The second-order valence-corrected chi connectivity index (χ2v) is 5.58.